The fourth-order valence-corrected chi connectivity index (χ4v) is 4.70. The number of hydrogen-bond donors (Lipinski definition) is 1. The summed E-state index contributed by atoms with van der Waals surface area (Å²) in [7, 11) is 1.63. The highest BCUT2D eigenvalue weighted by Gasteiger charge is 2.36. The Morgan fingerprint density at radius 3 is 2.23 bits per heavy atom. The lowest BCUT2D eigenvalue weighted by Crippen LogP contribution is -2.22. The van der Waals surface area contributed by atoms with E-state index in [4.69, 9.17) is 9.47 Å². The van der Waals surface area contributed by atoms with Gasteiger partial charge in [0.05, 0.1) is 24.3 Å². The highest BCUT2D eigenvalue weighted by atomic mass is 19.4. The second-order valence-corrected chi connectivity index (χ2v) is 9.89. The molecule has 0 saturated carbocycles. The Balaban J connectivity index is 1.76. The van der Waals surface area contributed by atoms with Crippen molar-refractivity contribution in [3.63, 3.8) is 0 Å². The molecule has 0 radical (unpaired) electrons. The van der Waals surface area contributed by atoms with Crippen LogP contribution in [0, 0.1) is 0 Å². The van der Waals surface area contributed by atoms with E-state index in [0.29, 0.717) is 11.1 Å². The number of ether oxygens (including phenoxy) is 2. The zero-order valence-corrected chi connectivity index (χ0v) is 22.6. The average Bonchev–Trinajstić information content (AvgIpc) is 2.91. The van der Waals surface area contributed by atoms with E-state index in [9.17, 15) is 18.0 Å². The van der Waals surface area contributed by atoms with E-state index >= 15 is 0 Å². The molecule has 0 saturated heterocycles. The van der Waals surface area contributed by atoms with Crippen molar-refractivity contribution < 1.29 is 27.4 Å². The maximum atomic E-state index is 14.1. The van der Waals surface area contributed by atoms with Crippen molar-refractivity contribution in [2.24, 2.45) is 0 Å². The smallest absolute Gasteiger partial charge is 0.417 e. The minimum atomic E-state index is -4.73. The molecule has 7 heteroatoms. The van der Waals surface area contributed by atoms with Crippen LogP contribution in [0.5, 0.6) is 5.75 Å². The third kappa shape index (κ3) is 6.42. The van der Waals surface area contributed by atoms with Crippen molar-refractivity contribution in [1.82, 2.24) is 5.32 Å². The summed E-state index contributed by atoms with van der Waals surface area (Å²) in [4.78, 5) is 12.4. The number of methoxy groups -OCH3 is 1. The molecule has 0 aliphatic carbocycles. The van der Waals surface area contributed by atoms with E-state index in [0.717, 1.165) is 33.7 Å². The SMILES string of the molecule is COc1cccc([C@@H](C)NC(C)c2cc(-c3ccc(C(=O)OC(C)C)c(C(F)(F)F)c3)c3ccccc3c2)c1. The quantitative estimate of drug-likeness (QED) is 0.230. The van der Waals surface area contributed by atoms with Gasteiger partial charge in [-0.25, -0.2) is 4.79 Å². The van der Waals surface area contributed by atoms with E-state index < -0.39 is 29.4 Å². The van der Waals surface area contributed by atoms with E-state index in [2.05, 4.69) is 12.2 Å². The Morgan fingerprint density at radius 1 is 0.821 bits per heavy atom. The molecule has 39 heavy (non-hydrogen) atoms. The third-order valence-electron chi connectivity index (χ3n) is 6.68. The molecule has 204 valence electrons. The molecule has 4 aromatic carbocycles. The van der Waals surface area contributed by atoms with Crippen LogP contribution in [0.15, 0.2) is 78.9 Å². The van der Waals surface area contributed by atoms with Gasteiger partial charge in [0.1, 0.15) is 5.75 Å². The van der Waals surface area contributed by atoms with Crippen LogP contribution in [0.2, 0.25) is 0 Å². The van der Waals surface area contributed by atoms with Crippen LogP contribution >= 0.6 is 0 Å². The van der Waals surface area contributed by atoms with Gasteiger partial charge in [0.2, 0.25) is 0 Å². The monoisotopic (exact) mass is 535 g/mol. The number of nitrogens with one attached hydrogen (secondary N) is 1. The number of rotatable bonds is 8. The number of hydrogen-bond acceptors (Lipinski definition) is 4. The van der Waals surface area contributed by atoms with Crippen LogP contribution in [0.1, 0.15) is 66.8 Å². The molecule has 0 heterocycles. The van der Waals surface area contributed by atoms with Gasteiger partial charge in [0, 0.05) is 12.1 Å². The molecule has 1 unspecified atom stereocenters. The van der Waals surface area contributed by atoms with E-state index in [1.54, 1.807) is 27.0 Å². The lowest BCUT2D eigenvalue weighted by Gasteiger charge is -2.23. The first-order chi connectivity index (χ1) is 18.5. The highest BCUT2D eigenvalue weighted by Crippen LogP contribution is 2.38. The second-order valence-electron chi connectivity index (χ2n) is 9.89. The number of carbonyl (C=O) groups excluding carboxylic acids is 1. The largest absolute Gasteiger partial charge is 0.497 e. The molecular formula is C32H32F3NO3. The van der Waals surface area contributed by atoms with Gasteiger partial charge >= 0.3 is 12.1 Å². The predicted octanol–water partition coefficient (Wildman–Crippen LogP) is 8.51. The number of carbonyl (C=O) groups is 1. The van der Waals surface area contributed by atoms with Gasteiger partial charge < -0.3 is 14.8 Å². The van der Waals surface area contributed by atoms with Crippen LogP contribution in [-0.2, 0) is 10.9 Å². The molecule has 4 nitrogen and oxygen atoms in total. The number of esters is 1. The zero-order valence-electron chi connectivity index (χ0n) is 22.6. The Bertz CT molecular complexity index is 1480. The maximum Gasteiger partial charge on any atom is 0.417 e. The van der Waals surface area contributed by atoms with Crippen molar-refractivity contribution in [2.75, 3.05) is 7.11 Å². The minimum Gasteiger partial charge on any atom is -0.497 e. The molecule has 0 bridgehead atoms. The fourth-order valence-electron chi connectivity index (χ4n) is 4.70. The standard InChI is InChI=1S/C32H32F3NO3/c1-19(2)39-31(37)28-14-13-24(18-30(28)32(33,34)35)29-17-25(15-23-9-6-7-12-27(23)29)21(4)36-20(3)22-10-8-11-26(16-22)38-5/h6-21,36H,1-5H3/t20-,21?/m1/s1. The molecular weight excluding hydrogens is 503 g/mol. The summed E-state index contributed by atoms with van der Waals surface area (Å²) in [5.41, 5.74) is 1.49. The molecule has 0 aliphatic heterocycles. The van der Waals surface area contributed by atoms with Gasteiger partial charge in [0.25, 0.3) is 0 Å². The Labute approximate surface area is 226 Å². The molecule has 0 aliphatic rings. The predicted molar refractivity (Wildman–Crippen MR) is 148 cm³/mol. The Morgan fingerprint density at radius 2 is 1.54 bits per heavy atom. The number of halogens is 3. The van der Waals surface area contributed by atoms with Crippen molar-refractivity contribution in [3.8, 4) is 16.9 Å². The summed E-state index contributed by atoms with van der Waals surface area (Å²) in [5.74, 6) is -0.227. The van der Waals surface area contributed by atoms with Crippen molar-refractivity contribution in [1.29, 1.82) is 0 Å². The average molecular weight is 536 g/mol. The van der Waals surface area contributed by atoms with Crippen LogP contribution in [0.4, 0.5) is 13.2 Å². The van der Waals surface area contributed by atoms with E-state index in [1.165, 1.54) is 6.07 Å². The minimum absolute atomic E-state index is 0.00638. The normalized spacial score (nSPS) is 13.4. The first kappa shape index (κ1) is 28.2. The van der Waals surface area contributed by atoms with Gasteiger partial charge in [-0.05, 0) is 97.1 Å². The van der Waals surface area contributed by atoms with Crippen molar-refractivity contribution in [3.05, 3.63) is 101 Å². The topological polar surface area (TPSA) is 47.6 Å². The molecule has 0 fully saturated rings. The molecule has 4 aromatic rings. The lowest BCUT2D eigenvalue weighted by molar-refractivity contribution is -0.138. The fraction of sp³-hybridized carbons (Fsp3) is 0.281. The summed E-state index contributed by atoms with van der Waals surface area (Å²) in [6, 6.07) is 23.0. The molecule has 2 atom stereocenters. The van der Waals surface area contributed by atoms with E-state index in [-0.39, 0.29) is 12.1 Å². The van der Waals surface area contributed by atoms with Gasteiger partial charge in [-0.2, -0.15) is 13.2 Å². The second kappa shape index (κ2) is 11.5. The van der Waals surface area contributed by atoms with Crippen molar-refractivity contribution in [2.45, 2.75) is 52.1 Å². The zero-order chi connectivity index (χ0) is 28.3. The molecule has 1 N–H and O–H groups in total. The van der Waals surface area contributed by atoms with Gasteiger partial charge in [-0.15, -0.1) is 0 Å². The van der Waals surface area contributed by atoms with Gasteiger partial charge in [-0.1, -0.05) is 42.5 Å². The van der Waals surface area contributed by atoms with Gasteiger partial charge in [-0.3, -0.25) is 0 Å². The molecule has 0 aromatic heterocycles. The van der Waals surface area contributed by atoms with Crippen molar-refractivity contribution >= 4 is 16.7 Å². The highest BCUT2D eigenvalue weighted by molar-refractivity contribution is 5.99. The summed E-state index contributed by atoms with van der Waals surface area (Å²) in [5, 5.41) is 5.31. The summed E-state index contributed by atoms with van der Waals surface area (Å²) < 4.78 is 52.7. The van der Waals surface area contributed by atoms with Crippen LogP contribution in [-0.4, -0.2) is 19.2 Å². The number of fused-ring (bicyclic) bond motifs is 1. The molecule has 4 rings (SSSR count). The summed E-state index contributed by atoms with van der Waals surface area (Å²) >= 11 is 0. The number of benzene rings is 4. The summed E-state index contributed by atoms with van der Waals surface area (Å²) in [6.07, 6.45) is -5.26. The molecule has 0 spiro atoms. The summed E-state index contributed by atoms with van der Waals surface area (Å²) in [6.45, 7) is 7.28. The third-order valence-corrected chi connectivity index (χ3v) is 6.68. The first-order valence-corrected chi connectivity index (χ1v) is 12.8. The maximum absolute atomic E-state index is 14.1. The van der Waals surface area contributed by atoms with Crippen LogP contribution in [0.25, 0.3) is 21.9 Å². The lowest BCUT2D eigenvalue weighted by atomic mass is 9.91. The first-order valence-electron chi connectivity index (χ1n) is 12.8. The Kier molecular flexibility index (Phi) is 8.31. The van der Waals surface area contributed by atoms with E-state index in [1.807, 2.05) is 67.6 Å². The van der Waals surface area contributed by atoms with Crippen LogP contribution in [0.3, 0.4) is 0 Å². The van der Waals surface area contributed by atoms with Gasteiger partial charge in [0.15, 0.2) is 0 Å². The number of alkyl halides is 3. The van der Waals surface area contributed by atoms with Crippen LogP contribution < -0.4 is 10.1 Å². The Hall–Kier alpha value is -3.84. The molecule has 0 amide bonds.